The summed E-state index contributed by atoms with van der Waals surface area (Å²) in [6, 6.07) is 7.86. The lowest BCUT2D eigenvalue weighted by molar-refractivity contribution is -0.117. The highest BCUT2D eigenvalue weighted by Crippen LogP contribution is 2.19. The van der Waals surface area contributed by atoms with Gasteiger partial charge in [-0.2, -0.15) is 0 Å². The highest BCUT2D eigenvalue weighted by Gasteiger charge is 2.16. The van der Waals surface area contributed by atoms with Crippen LogP contribution in [0.1, 0.15) is 19.3 Å². The minimum absolute atomic E-state index is 0.128. The van der Waals surface area contributed by atoms with E-state index in [1.165, 1.54) is 6.42 Å². The molecule has 3 nitrogen and oxygen atoms in total. The Kier molecular flexibility index (Phi) is 4.79. The van der Waals surface area contributed by atoms with Crippen LogP contribution in [0.5, 0.6) is 0 Å². The van der Waals surface area contributed by atoms with Crippen molar-refractivity contribution in [3.63, 3.8) is 0 Å². The Morgan fingerprint density at radius 1 is 1.47 bits per heavy atom. The molecule has 1 atom stereocenters. The van der Waals surface area contributed by atoms with Gasteiger partial charge < -0.3 is 10.6 Å². The number of hydrogen-bond donors (Lipinski definition) is 2. The molecular weight excluding hydrogens is 327 g/mol. The van der Waals surface area contributed by atoms with Crippen molar-refractivity contribution < 1.29 is 4.79 Å². The Morgan fingerprint density at radius 2 is 2.29 bits per heavy atom. The van der Waals surface area contributed by atoms with Gasteiger partial charge in [-0.3, -0.25) is 4.79 Å². The highest BCUT2D eigenvalue weighted by atomic mass is 127. The predicted octanol–water partition coefficient (Wildman–Crippen LogP) is 2.62. The molecule has 1 aliphatic heterocycles. The molecule has 1 aromatic rings. The Bertz CT molecular complexity index is 389. The van der Waals surface area contributed by atoms with Gasteiger partial charge in [0.25, 0.3) is 0 Å². The van der Waals surface area contributed by atoms with Crippen molar-refractivity contribution in [2.24, 2.45) is 5.92 Å². The highest BCUT2D eigenvalue weighted by molar-refractivity contribution is 14.1. The number of carbonyl (C=O) groups is 1. The summed E-state index contributed by atoms with van der Waals surface area (Å²) in [7, 11) is 0. The third kappa shape index (κ3) is 3.96. The smallest absolute Gasteiger partial charge is 0.224 e. The number of para-hydroxylation sites is 1. The number of carbonyl (C=O) groups excluding carboxylic acids is 1. The van der Waals surface area contributed by atoms with E-state index in [0.717, 1.165) is 28.8 Å². The van der Waals surface area contributed by atoms with Crippen LogP contribution in [0, 0.1) is 9.49 Å². The van der Waals surface area contributed by atoms with Crippen molar-refractivity contribution in [3.8, 4) is 0 Å². The molecule has 2 rings (SSSR count). The first-order valence-corrected chi connectivity index (χ1v) is 7.08. The van der Waals surface area contributed by atoms with Gasteiger partial charge in [0.1, 0.15) is 0 Å². The van der Waals surface area contributed by atoms with E-state index in [1.54, 1.807) is 0 Å². The lowest BCUT2D eigenvalue weighted by Gasteiger charge is -2.22. The number of rotatable bonds is 3. The maximum absolute atomic E-state index is 11.9. The monoisotopic (exact) mass is 344 g/mol. The van der Waals surface area contributed by atoms with E-state index >= 15 is 0 Å². The van der Waals surface area contributed by atoms with Crippen LogP contribution < -0.4 is 10.6 Å². The molecule has 0 bridgehead atoms. The SMILES string of the molecule is O=C(CC1CCCNC1)Nc1ccccc1I. The fourth-order valence-electron chi connectivity index (χ4n) is 2.12. The van der Waals surface area contributed by atoms with Crippen molar-refractivity contribution >= 4 is 34.2 Å². The molecule has 4 heteroatoms. The fraction of sp³-hybridized carbons (Fsp3) is 0.462. The lowest BCUT2D eigenvalue weighted by Crippen LogP contribution is -2.32. The second-order valence-electron chi connectivity index (χ2n) is 4.44. The number of benzene rings is 1. The predicted molar refractivity (Wildman–Crippen MR) is 78.0 cm³/mol. The van der Waals surface area contributed by atoms with Crippen molar-refractivity contribution in [3.05, 3.63) is 27.8 Å². The van der Waals surface area contributed by atoms with Crippen LogP contribution in [0.25, 0.3) is 0 Å². The molecule has 17 heavy (non-hydrogen) atoms. The van der Waals surface area contributed by atoms with Crippen LogP contribution in [-0.4, -0.2) is 19.0 Å². The molecule has 1 aromatic carbocycles. The van der Waals surface area contributed by atoms with E-state index in [4.69, 9.17) is 0 Å². The summed E-state index contributed by atoms with van der Waals surface area (Å²) >= 11 is 2.24. The Hall–Kier alpha value is -0.620. The van der Waals surface area contributed by atoms with Gasteiger partial charge in [-0.15, -0.1) is 0 Å². The van der Waals surface area contributed by atoms with Crippen LogP contribution in [0.15, 0.2) is 24.3 Å². The van der Waals surface area contributed by atoms with Crippen molar-refractivity contribution in [2.75, 3.05) is 18.4 Å². The van der Waals surface area contributed by atoms with Crippen molar-refractivity contribution in [1.29, 1.82) is 0 Å². The molecule has 1 saturated heterocycles. The zero-order valence-electron chi connectivity index (χ0n) is 9.71. The Labute approximate surface area is 116 Å². The molecule has 1 amide bonds. The van der Waals surface area contributed by atoms with E-state index in [0.29, 0.717) is 12.3 Å². The standard InChI is InChI=1S/C13H17IN2O/c14-11-5-1-2-6-12(11)16-13(17)8-10-4-3-7-15-9-10/h1-2,5-6,10,15H,3-4,7-9H2,(H,16,17). The molecule has 0 aliphatic carbocycles. The van der Waals surface area contributed by atoms with E-state index in [-0.39, 0.29) is 5.91 Å². The summed E-state index contributed by atoms with van der Waals surface area (Å²) in [5, 5.41) is 6.32. The molecule has 0 aromatic heterocycles. The average molecular weight is 344 g/mol. The maximum atomic E-state index is 11.9. The van der Waals surface area contributed by atoms with Gasteiger partial charge in [0, 0.05) is 9.99 Å². The summed E-state index contributed by atoms with van der Waals surface area (Å²) in [4.78, 5) is 11.9. The van der Waals surface area contributed by atoms with Gasteiger partial charge in [-0.1, -0.05) is 12.1 Å². The number of halogens is 1. The van der Waals surface area contributed by atoms with Gasteiger partial charge in [-0.25, -0.2) is 0 Å². The lowest BCUT2D eigenvalue weighted by atomic mass is 9.96. The zero-order chi connectivity index (χ0) is 12.1. The summed E-state index contributed by atoms with van der Waals surface area (Å²) in [6.07, 6.45) is 2.96. The largest absolute Gasteiger partial charge is 0.325 e. The summed E-state index contributed by atoms with van der Waals surface area (Å²) < 4.78 is 1.08. The van der Waals surface area contributed by atoms with E-state index in [2.05, 4.69) is 33.2 Å². The van der Waals surface area contributed by atoms with Gasteiger partial charge in [-0.05, 0) is 66.6 Å². The van der Waals surface area contributed by atoms with Gasteiger partial charge in [0.05, 0.1) is 5.69 Å². The van der Waals surface area contributed by atoms with Crippen molar-refractivity contribution in [1.82, 2.24) is 5.32 Å². The first kappa shape index (κ1) is 12.8. The first-order valence-electron chi connectivity index (χ1n) is 6.01. The number of anilines is 1. The van der Waals surface area contributed by atoms with Crippen LogP contribution in [0.3, 0.4) is 0 Å². The number of hydrogen-bond acceptors (Lipinski definition) is 2. The molecule has 0 spiro atoms. The van der Waals surface area contributed by atoms with Gasteiger partial charge in [0.15, 0.2) is 0 Å². The maximum Gasteiger partial charge on any atom is 0.224 e. The molecule has 0 radical (unpaired) electrons. The molecular formula is C13H17IN2O. The molecule has 2 N–H and O–H groups in total. The number of piperidine rings is 1. The minimum atomic E-state index is 0.128. The van der Waals surface area contributed by atoms with E-state index in [1.807, 2.05) is 24.3 Å². The van der Waals surface area contributed by atoms with Crippen LogP contribution in [0.2, 0.25) is 0 Å². The van der Waals surface area contributed by atoms with E-state index < -0.39 is 0 Å². The molecule has 1 fully saturated rings. The normalized spacial score (nSPS) is 19.9. The first-order chi connectivity index (χ1) is 8.25. The fourth-order valence-corrected chi connectivity index (χ4v) is 2.65. The zero-order valence-corrected chi connectivity index (χ0v) is 11.9. The minimum Gasteiger partial charge on any atom is -0.325 e. The molecule has 1 aliphatic rings. The summed E-state index contributed by atoms with van der Waals surface area (Å²) in [6.45, 7) is 2.06. The van der Waals surface area contributed by atoms with Gasteiger partial charge in [0.2, 0.25) is 5.91 Å². The Balaban J connectivity index is 1.86. The van der Waals surface area contributed by atoms with E-state index in [9.17, 15) is 4.79 Å². The molecule has 0 saturated carbocycles. The number of amides is 1. The molecule has 92 valence electrons. The van der Waals surface area contributed by atoms with Crippen LogP contribution >= 0.6 is 22.6 Å². The topological polar surface area (TPSA) is 41.1 Å². The van der Waals surface area contributed by atoms with Crippen LogP contribution in [0.4, 0.5) is 5.69 Å². The summed E-state index contributed by atoms with van der Waals surface area (Å²) in [5.74, 6) is 0.618. The second-order valence-corrected chi connectivity index (χ2v) is 5.61. The molecule has 1 unspecified atom stereocenters. The third-order valence-electron chi connectivity index (χ3n) is 3.02. The third-order valence-corrected chi connectivity index (χ3v) is 3.96. The Morgan fingerprint density at radius 3 is 3.00 bits per heavy atom. The second kappa shape index (κ2) is 6.35. The quantitative estimate of drug-likeness (QED) is 0.828. The van der Waals surface area contributed by atoms with Gasteiger partial charge >= 0.3 is 0 Å². The molecule has 1 heterocycles. The van der Waals surface area contributed by atoms with Crippen LogP contribution in [-0.2, 0) is 4.79 Å². The summed E-state index contributed by atoms with van der Waals surface area (Å²) in [5.41, 5.74) is 0.918. The average Bonchev–Trinajstić information content (AvgIpc) is 2.33. The van der Waals surface area contributed by atoms with Crippen molar-refractivity contribution in [2.45, 2.75) is 19.3 Å². The number of nitrogens with one attached hydrogen (secondary N) is 2.